The van der Waals surface area contributed by atoms with Gasteiger partial charge in [-0.2, -0.15) is 0 Å². The van der Waals surface area contributed by atoms with Crippen molar-refractivity contribution in [3.63, 3.8) is 0 Å². The molecule has 0 saturated carbocycles. The lowest BCUT2D eigenvalue weighted by molar-refractivity contribution is 0.556. The number of allylic oxidation sites excluding steroid dienone is 3. The van der Waals surface area contributed by atoms with Crippen LogP contribution in [-0.2, 0) is 0 Å². The molecule has 0 saturated heterocycles. The lowest BCUT2D eigenvalue weighted by Crippen LogP contribution is -2.20. The topological polar surface area (TPSA) is 0 Å². The summed E-state index contributed by atoms with van der Waals surface area (Å²) in [4.78, 5) is 0. The Bertz CT molecular complexity index is 252. The molecular formula is C15H25B. The summed E-state index contributed by atoms with van der Waals surface area (Å²) in [7, 11) is 0. The van der Waals surface area contributed by atoms with Crippen molar-refractivity contribution in [3.05, 3.63) is 36.9 Å². The molecule has 0 aromatic carbocycles. The zero-order chi connectivity index (χ0) is 11.8. The Hall–Kier alpha value is -0.715. The van der Waals surface area contributed by atoms with Gasteiger partial charge in [0.25, 0.3) is 0 Å². The Morgan fingerprint density at radius 2 is 2.25 bits per heavy atom. The summed E-state index contributed by atoms with van der Waals surface area (Å²) in [6.45, 7) is 10.7. The minimum absolute atomic E-state index is 0.739. The lowest BCUT2D eigenvalue weighted by atomic mass is 9.40. The van der Waals surface area contributed by atoms with Crippen LogP contribution in [0.2, 0.25) is 12.6 Å². The van der Waals surface area contributed by atoms with Crippen LogP contribution >= 0.6 is 0 Å². The van der Waals surface area contributed by atoms with Crippen molar-refractivity contribution >= 4 is 6.71 Å². The van der Waals surface area contributed by atoms with Gasteiger partial charge in [-0.3, -0.25) is 0 Å². The molecular weight excluding hydrogens is 191 g/mol. The normalized spacial score (nSPS) is 20.4. The maximum Gasteiger partial charge on any atom is 0.170 e. The molecule has 1 aliphatic rings. The molecule has 88 valence electrons. The molecule has 0 nitrogen and oxygen atoms in total. The van der Waals surface area contributed by atoms with E-state index in [0.717, 1.165) is 19.0 Å². The lowest BCUT2D eigenvalue weighted by Gasteiger charge is -2.26. The molecule has 1 rings (SSSR count). The van der Waals surface area contributed by atoms with E-state index in [0.29, 0.717) is 0 Å². The van der Waals surface area contributed by atoms with Gasteiger partial charge in [0.2, 0.25) is 0 Å². The van der Waals surface area contributed by atoms with Gasteiger partial charge in [-0.05, 0) is 31.6 Å². The van der Waals surface area contributed by atoms with Crippen LogP contribution in [0.1, 0.15) is 39.0 Å². The predicted molar refractivity (Wildman–Crippen MR) is 76.1 cm³/mol. The fourth-order valence-corrected chi connectivity index (χ4v) is 2.73. The first-order valence-corrected chi connectivity index (χ1v) is 6.71. The van der Waals surface area contributed by atoms with E-state index in [4.69, 9.17) is 0 Å². The van der Waals surface area contributed by atoms with E-state index < -0.39 is 0 Å². The van der Waals surface area contributed by atoms with Crippen LogP contribution in [0.15, 0.2) is 36.9 Å². The zero-order valence-electron chi connectivity index (χ0n) is 10.8. The highest BCUT2D eigenvalue weighted by atomic mass is 14.2. The highest BCUT2D eigenvalue weighted by molar-refractivity contribution is 6.65. The van der Waals surface area contributed by atoms with E-state index in [2.05, 4.69) is 38.2 Å². The standard InChI is InChI=1S/C15H25B/c1-4-7-9-15-11-14(8-5-2)12-16(13-15)10-6-3/h5-6,13-14H,2-4,7-12H2,1H3. The van der Waals surface area contributed by atoms with Crippen molar-refractivity contribution in [3.8, 4) is 0 Å². The first-order chi connectivity index (χ1) is 7.80. The van der Waals surface area contributed by atoms with Crippen molar-refractivity contribution < 1.29 is 0 Å². The Morgan fingerprint density at radius 1 is 1.44 bits per heavy atom. The van der Waals surface area contributed by atoms with Gasteiger partial charge in [-0.1, -0.05) is 43.7 Å². The predicted octanol–water partition coefficient (Wildman–Crippen LogP) is 4.92. The molecule has 0 amide bonds. The Morgan fingerprint density at radius 3 is 2.88 bits per heavy atom. The molecule has 1 aliphatic heterocycles. The van der Waals surface area contributed by atoms with E-state index >= 15 is 0 Å². The summed E-state index contributed by atoms with van der Waals surface area (Å²) in [5.74, 6) is 3.36. The summed E-state index contributed by atoms with van der Waals surface area (Å²) in [5, 5.41) is 0. The first-order valence-electron chi connectivity index (χ1n) is 6.71. The summed E-state index contributed by atoms with van der Waals surface area (Å²) in [5.41, 5.74) is 1.69. The third-order valence-electron chi connectivity index (χ3n) is 3.48. The van der Waals surface area contributed by atoms with Gasteiger partial charge < -0.3 is 0 Å². The summed E-state index contributed by atoms with van der Waals surface area (Å²) >= 11 is 0. The Balaban J connectivity index is 2.57. The molecule has 1 heteroatoms. The fraction of sp³-hybridized carbons (Fsp3) is 0.600. The van der Waals surface area contributed by atoms with Crippen molar-refractivity contribution in [2.75, 3.05) is 0 Å². The fourth-order valence-electron chi connectivity index (χ4n) is 2.73. The van der Waals surface area contributed by atoms with E-state index in [9.17, 15) is 0 Å². The van der Waals surface area contributed by atoms with Crippen LogP contribution in [-0.4, -0.2) is 6.71 Å². The van der Waals surface area contributed by atoms with Gasteiger partial charge >= 0.3 is 0 Å². The second-order valence-corrected chi connectivity index (χ2v) is 5.04. The molecule has 1 unspecified atom stereocenters. The van der Waals surface area contributed by atoms with Crippen LogP contribution in [0.5, 0.6) is 0 Å². The third-order valence-corrected chi connectivity index (χ3v) is 3.48. The van der Waals surface area contributed by atoms with E-state index in [1.165, 1.54) is 38.4 Å². The molecule has 0 radical (unpaired) electrons. The minimum Gasteiger partial charge on any atom is -0.115 e. The largest absolute Gasteiger partial charge is 0.170 e. The first kappa shape index (κ1) is 13.4. The van der Waals surface area contributed by atoms with Gasteiger partial charge in [0.1, 0.15) is 0 Å². The average Bonchev–Trinajstić information content (AvgIpc) is 2.27. The smallest absolute Gasteiger partial charge is 0.115 e. The summed E-state index contributed by atoms with van der Waals surface area (Å²) in [6.07, 6.45) is 13.0. The van der Waals surface area contributed by atoms with Gasteiger partial charge in [0.15, 0.2) is 6.71 Å². The third kappa shape index (κ3) is 4.43. The maximum absolute atomic E-state index is 3.87. The van der Waals surface area contributed by atoms with Crippen molar-refractivity contribution in [1.29, 1.82) is 0 Å². The molecule has 1 atom stereocenters. The molecule has 16 heavy (non-hydrogen) atoms. The van der Waals surface area contributed by atoms with Crippen LogP contribution in [0, 0.1) is 5.92 Å². The minimum atomic E-state index is 0.739. The van der Waals surface area contributed by atoms with Gasteiger partial charge in [-0.25, -0.2) is 0 Å². The number of hydrogen-bond acceptors (Lipinski definition) is 0. The molecule has 1 heterocycles. The van der Waals surface area contributed by atoms with Crippen LogP contribution in [0.25, 0.3) is 0 Å². The number of hydrogen-bond donors (Lipinski definition) is 0. The Labute approximate surface area is 102 Å². The van der Waals surface area contributed by atoms with Gasteiger partial charge in [-0.15, -0.1) is 19.1 Å². The monoisotopic (exact) mass is 216 g/mol. The molecule has 0 spiro atoms. The SMILES string of the molecule is C=CCB1C=C(CCCC)CC(CC=C)C1. The van der Waals surface area contributed by atoms with E-state index in [1.54, 1.807) is 5.57 Å². The summed E-state index contributed by atoms with van der Waals surface area (Å²) in [6, 6.07) is 0. The Kier molecular flexibility index (Phi) is 6.29. The second-order valence-electron chi connectivity index (χ2n) is 5.04. The molecule has 0 bridgehead atoms. The summed E-state index contributed by atoms with van der Waals surface area (Å²) < 4.78 is 0. The van der Waals surface area contributed by atoms with Crippen LogP contribution in [0.3, 0.4) is 0 Å². The van der Waals surface area contributed by atoms with E-state index in [1.807, 2.05) is 0 Å². The molecule has 0 fully saturated rings. The van der Waals surface area contributed by atoms with Crippen molar-refractivity contribution in [1.82, 2.24) is 0 Å². The molecule has 0 aromatic heterocycles. The maximum atomic E-state index is 3.87. The van der Waals surface area contributed by atoms with Crippen molar-refractivity contribution in [2.45, 2.75) is 51.7 Å². The zero-order valence-corrected chi connectivity index (χ0v) is 10.8. The molecule has 0 aliphatic carbocycles. The molecule has 0 aromatic rings. The highest BCUT2D eigenvalue weighted by Gasteiger charge is 2.22. The molecule has 0 N–H and O–H groups in total. The van der Waals surface area contributed by atoms with Gasteiger partial charge in [0, 0.05) is 0 Å². The quantitative estimate of drug-likeness (QED) is 0.418. The highest BCUT2D eigenvalue weighted by Crippen LogP contribution is 2.31. The number of unbranched alkanes of at least 4 members (excludes halogenated alkanes) is 1. The van der Waals surface area contributed by atoms with E-state index in [-0.39, 0.29) is 0 Å². The average molecular weight is 216 g/mol. The number of rotatable bonds is 7. The van der Waals surface area contributed by atoms with Crippen LogP contribution < -0.4 is 0 Å². The van der Waals surface area contributed by atoms with Gasteiger partial charge in [0.05, 0.1) is 0 Å². The second kappa shape index (κ2) is 7.54. The van der Waals surface area contributed by atoms with Crippen molar-refractivity contribution in [2.24, 2.45) is 5.92 Å². The van der Waals surface area contributed by atoms with Crippen LogP contribution in [0.4, 0.5) is 0 Å².